The molecule has 2 unspecified atom stereocenters. The van der Waals surface area contributed by atoms with E-state index in [-0.39, 0.29) is 11.6 Å². The van der Waals surface area contributed by atoms with Crippen molar-refractivity contribution < 1.29 is 19.4 Å². The largest absolute Gasteiger partial charge is 0.487 e. The SMILES string of the molecule is CCC(Oc1ccc2c(c1)OC(C)(C)CC2N)C(=O)O. The second-order valence-corrected chi connectivity index (χ2v) is 5.72. The molecule has 5 nitrogen and oxygen atoms in total. The van der Waals surface area contributed by atoms with Gasteiger partial charge in [0, 0.05) is 24.1 Å². The number of ether oxygens (including phenoxy) is 2. The molecule has 1 aromatic carbocycles. The molecule has 2 rings (SSSR count). The van der Waals surface area contributed by atoms with Crippen LogP contribution in [0.1, 0.15) is 45.2 Å². The normalized spacial score (nSPS) is 21.5. The molecule has 0 fully saturated rings. The van der Waals surface area contributed by atoms with Crippen LogP contribution < -0.4 is 15.2 Å². The Kier molecular flexibility index (Phi) is 3.90. The van der Waals surface area contributed by atoms with Crippen LogP contribution in [0.4, 0.5) is 0 Å². The van der Waals surface area contributed by atoms with E-state index < -0.39 is 12.1 Å². The highest BCUT2D eigenvalue weighted by atomic mass is 16.5. The number of carbonyl (C=O) groups is 1. The molecule has 0 radical (unpaired) electrons. The lowest BCUT2D eigenvalue weighted by molar-refractivity contribution is -0.145. The van der Waals surface area contributed by atoms with E-state index in [1.54, 1.807) is 19.1 Å². The minimum absolute atomic E-state index is 0.0794. The van der Waals surface area contributed by atoms with E-state index in [0.717, 1.165) is 12.0 Å². The fraction of sp³-hybridized carbons (Fsp3) is 0.533. The van der Waals surface area contributed by atoms with Crippen LogP contribution in [-0.4, -0.2) is 22.8 Å². The van der Waals surface area contributed by atoms with Gasteiger partial charge in [-0.3, -0.25) is 0 Å². The zero-order valence-corrected chi connectivity index (χ0v) is 12.1. The van der Waals surface area contributed by atoms with Crippen LogP contribution in [-0.2, 0) is 4.79 Å². The third-order valence-corrected chi connectivity index (χ3v) is 3.41. The summed E-state index contributed by atoms with van der Waals surface area (Å²) in [5.74, 6) is 0.192. The number of nitrogens with two attached hydrogens (primary N) is 1. The van der Waals surface area contributed by atoms with Crippen LogP contribution in [0.15, 0.2) is 18.2 Å². The summed E-state index contributed by atoms with van der Waals surface area (Å²) in [6.07, 6.45) is 0.295. The van der Waals surface area contributed by atoms with Crippen molar-refractivity contribution in [3.63, 3.8) is 0 Å². The molecule has 2 atom stereocenters. The molecule has 0 saturated heterocycles. The summed E-state index contributed by atoms with van der Waals surface area (Å²) in [6, 6.07) is 5.23. The molecule has 20 heavy (non-hydrogen) atoms. The van der Waals surface area contributed by atoms with Crippen LogP contribution in [0.25, 0.3) is 0 Å². The lowest BCUT2D eigenvalue weighted by atomic mass is 9.90. The van der Waals surface area contributed by atoms with Crippen molar-refractivity contribution in [2.45, 2.75) is 51.4 Å². The van der Waals surface area contributed by atoms with Crippen molar-refractivity contribution in [3.8, 4) is 11.5 Å². The Balaban J connectivity index is 2.25. The smallest absolute Gasteiger partial charge is 0.344 e. The molecule has 5 heteroatoms. The van der Waals surface area contributed by atoms with Gasteiger partial charge in [-0.25, -0.2) is 4.79 Å². The first-order valence-corrected chi connectivity index (χ1v) is 6.80. The van der Waals surface area contributed by atoms with Gasteiger partial charge >= 0.3 is 5.97 Å². The maximum Gasteiger partial charge on any atom is 0.344 e. The van der Waals surface area contributed by atoms with E-state index in [0.29, 0.717) is 17.9 Å². The van der Waals surface area contributed by atoms with Crippen molar-refractivity contribution in [2.24, 2.45) is 5.73 Å². The molecular weight excluding hydrogens is 258 g/mol. The Hall–Kier alpha value is -1.75. The Morgan fingerprint density at radius 2 is 2.30 bits per heavy atom. The summed E-state index contributed by atoms with van der Waals surface area (Å²) in [6.45, 7) is 5.73. The van der Waals surface area contributed by atoms with Gasteiger partial charge in [-0.2, -0.15) is 0 Å². The van der Waals surface area contributed by atoms with Gasteiger partial charge in [0.05, 0.1) is 0 Å². The number of carboxylic acids is 1. The minimum Gasteiger partial charge on any atom is -0.487 e. The van der Waals surface area contributed by atoms with Gasteiger partial charge < -0.3 is 20.3 Å². The third kappa shape index (κ3) is 3.04. The monoisotopic (exact) mass is 279 g/mol. The predicted octanol–water partition coefficient (Wildman–Crippen LogP) is 2.49. The summed E-state index contributed by atoms with van der Waals surface area (Å²) in [5, 5.41) is 9.02. The number of rotatable bonds is 4. The van der Waals surface area contributed by atoms with Gasteiger partial charge in [-0.05, 0) is 26.3 Å². The van der Waals surface area contributed by atoms with Gasteiger partial charge in [-0.1, -0.05) is 13.0 Å². The zero-order valence-electron chi connectivity index (χ0n) is 12.1. The van der Waals surface area contributed by atoms with Gasteiger partial charge in [0.2, 0.25) is 0 Å². The summed E-state index contributed by atoms with van der Waals surface area (Å²) in [5.41, 5.74) is 6.73. The van der Waals surface area contributed by atoms with Crippen molar-refractivity contribution in [1.29, 1.82) is 0 Å². The molecule has 0 saturated carbocycles. The fourth-order valence-corrected chi connectivity index (χ4v) is 2.43. The number of fused-ring (bicyclic) bond motifs is 1. The molecule has 1 aromatic rings. The highest BCUT2D eigenvalue weighted by molar-refractivity contribution is 5.72. The predicted molar refractivity (Wildman–Crippen MR) is 75.0 cm³/mol. The molecule has 0 bridgehead atoms. The van der Waals surface area contributed by atoms with Gasteiger partial charge in [0.15, 0.2) is 6.10 Å². The first-order chi connectivity index (χ1) is 9.32. The van der Waals surface area contributed by atoms with Crippen LogP contribution in [0.2, 0.25) is 0 Å². The van der Waals surface area contributed by atoms with Crippen LogP contribution in [0.5, 0.6) is 11.5 Å². The molecule has 0 spiro atoms. The number of benzene rings is 1. The first-order valence-electron chi connectivity index (χ1n) is 6.80. The fourth-order valence-electron chi connectivity index (χ4n) is 2.43. The van der Waals surface area contributed by atoms with E-state index in [2.05, 4.69) is 0 Å². The molecule has 1 aliphatic rings. The lowest BCUT2D eigenvalue weighted by Gasteiger charge is -2.36. The van der Waals surface area contributed by atoms with Gasteiger partial charge in [0.25, 0.3) is 0 Å². The van der Waals surface area contributed by atoms with Crippen molar-refractivity contribution in [1.82, 2.24) is 0 Å². The quantitative estimate of drug-likeness (QED) is 0.885. The zero-order chi connectivity index (χ0) is 14.9. The first kappa shape index (κ1) is 14.7. The second kappa shape index (κ2) is 5.32. The van der Waals surface area contributed by atoms with E-state index in [4.69, 9.17) is 20.3 Å². The maximum absolute atomic E-state index is 11.0. The highest BCUT2D eigenvalue weighted by Gasteiger charge is 2.32. The molecule has 0 aliphatic carbocycles. The Labute approximate surface area is 118 Å². The van der Waals surface area contributed by atoms with E-state index in [1.807, 2.05) is 19.9 Å². The maximum atomic E-state index is 11.0. The standard InChI is InChI=1S/C15H21NO4/c1-4-12(14(17)18)19-9-5-6-10-11(16)8-15(2,3)20-13(10)7-9/h5-7,11-12H,4,8,16H2,1-3H3,(H,17,18). The number of hydrogen-bond donors (Lipinski definition) is 2. The van der Waals surface area contributed by atoms with Crippen molar-refractivity contribution >= 4 is 5.97 Å². The molecule has 0 aromatic heterocycles. The topological polar surface area (TPSA) is 81.8 Å². The van der Waals surface area contributed by atoms with Crippen LogP contribution in [0.3, 0.4) is 0 Å². The van der Waals surface area contributed by atoms with Crippen molar-refractivity contribution in [3.05, 3.63) is 23.8 Å². The molecule has 110 valence electrons. The Bertz CT molecular complexity index is 513. The summed E-state index contributed by atoms with van der Waals surface area (Å²) in [4.78, 5) is 11.0. The summed E-state index contributed by atoms with van der Waals surface area (Å²) in [7, 11) is 0. The summed E-state index contributed by atoms with van der Waals surface area (Å²) < 4.78 is 11.4. The molecule has 3 N–H and O–H groups in total. The van der Waals surface area contributed by atoms with Crippen LogP contribution in [0, 0.1) is 0 Å². The molecule has 0 amide bonds. The van der Waals surface area contributed by atoms with Gasteiger partial charge in [0.1, 0.15) is 17.1 Å². The van der Waals surface area contributed by atoms with E-state index in [1.165, 1.54) is 0 Å². The Morgan fingerprint density at radius 1 is 1.60 bits per heavy atom. The van der Waals surface area contributed by atoms with Crippen molar-refractivity contribution in [2.75, 3.05) is 0 Å². The molecular formula is C15H21NO4. The highest BCUT2D eigenvalue weighted by Crippen LogP contribution is 2.40. The Morgan fingerprint density at radius 3 is 2.90 bits per heavy atom. The van der Waals surface area contributed by atoms with Gasteiger partial charge in [-0.15, -0.1) is 0 Å². The minimum atomic E-state index is -0.969. The number of hydrogen-bond acceptors (Lipinski definition) is 4. The molecule has 1 aliphatic heterocycles. The molecule has 1 heterocycles. The average Bonchev–Trinajstić information content (AvgIpc) is 2.33. The second-order valence-electron chi connectivity index (χ2n) is 5.72. The van der Waals surface area contributed by atoms with E-state index in [9.17, 15) is 4.79 Å². The van der Waals surface area contributed by atoms with E-state index >= 15 is 0 Å². The summed E-state index contributed by atoms with van der Waals surface area (Å²) >= 11 is 0. The average molecular weight is 279 g/mol. The van der Waals surface area contributed by atoms with Crippen LogP contribution >= 0.6 is 0 Å². The number of aliphatic carboxylic acids is 1. The number of carboxylic acid groups (broad SMARTS) is 1. The lowest BCUT2D eigenvalue weighted by Crippen LogP contribution is -2.37. The third-order valence-electron chi connectivity index (χ3n) is 3.41.